The molecule has 1 saturated carbocycles. The van der Waals surface area contributed by atoms with Gasteiger partial charge in [-0.3, -0.25) is 9.78 Å². The van der Waals surface area contributed by atoms with Gasteiger partial charge < -0.3 is 20.3 Å². The number of amides is 3. The first kappa shape index (κ1) is 22.9. The Kier molecular flexibility index (Phi) is 6.38. The smallest absolute Gasteiger partial charge is 0.318 e. The van der Waals surface area contributed by atoms with Crippen LogP contribution in [-0.4, -0.2) is 35.5 Å². The van der Waals surface area contributed by atoms with Gasteiger partial charge in [0.05, 0.1) is 19.2 Å². The predicted octanol–water partition coefficient (Wildman–Crippen LogP) is 4.03. The van der Waals surface area contributed by atoms with Crippen molar-refractivity contribution in [3.63, 3.8) is 0 Å². The first-order valence-corrected chi connectivity index (χ1v) is 12.3. The van der Waals surface area contributed by atoms with E-state index in [-0.39, 0.29) is 23.8 Å². The summed E-state index contributed by atoms with van der Waals surface area (Å²) >= 11 is 1.39. The highest BCUT2D eigenvalue weighted by Gasteiger charge is 2.44. The number of fused-ring (bicyclic) bond motifs is 1. The highest BCUT2D eigenvalue weighted by atomic mass is 32.1. The van der Waals surface area contributed by atoms with E-state index in [9.17, 15) is 14.9 Å². The Morgan fingerprint density at radius 2 is 2.20 bits per heavy atom. The Balaban J connectivity index is 1.23. The third kappa shape index (κ3) is 4.84. The molecule has 8 nitrogen and oxygen atoms in total. The fourth-order valence-corrected chi connectivity index (χ4v) is 5.72. The van der Waals surface area contributed by atoms with Gasteiger partial charge in [0.2, 0.25) is 5.91 Å². The van der Waals surface area contributed by atoms with Crippen LogP contribution in [0.4, 0.5) is 9.80 Å². The number of methoxy groups -OCH3 is 1. The maximum absolute atomic E-state index is 13.0. The highest BCUT2D eigenvalue weighted by molar-refractivity contribution is 7.16. The van der Waals surface area contributed by atoms with Gasteiger partial charge in [-0.05, 0) is 53.6 Å². The van der Waals surface area contributed by atoms with Gasteiger partial charge in [0, 0.05) is 36.3 Å². The van der Waals surface area contributed by atoms with Crippen LogP contribution in [0.15, 0.2) is 48.8 Å². The minimum atomic E-state index is -0.156. The third-order valence-electron chi connectivity index (χ3n) is 6.51. The van der Waals surface area contributed by atoms with Crippen molar-refractivity contribution in [3.05, 3.63) is 75.9 Å². The molecule has 0 radical (unpaired) electrons. The number of carbonyl (C=O) groups excluding carboxylic acids is 2. The topological polar surface area (TPSA) is 107 Å². The number of nitrogens with one attached hydrogen (secondary N) is 2. The fourth-order valence-electron chi connectivity index (χ4n) is 4.51. The molecule has 178 valence electrons. The zero-order valence-electron chi connectivity index (χ0n) is 19.3. The lowest BCUT2D eigenvalue weighted by Crippen LogP contribution is -2.42. The van der Waals surface area contributed by atoms with Crippen molar-refractivity contribution < 1.29 is 14.3 Å². The van der Waals surface area contributed by atoms with E-state index in [1.807, 2.05) is 36.4 Å². The van der Waals surface area contributed by atoms with E-state index in [4.69, 9.17) is 4.74 Å². The van der Waals surface area contributed by atoms with E-state index in [0.29, 0.717) is 36.6 Å². The van der Waals surface area contributed by atoms with Crippen molar-refractivity contribution in [2.45, 2.75) is 31.8 Å². The van der Waals surface area contributed by atoms with Crippen LogP contribution in [0.3, 0.4) is 0 Å². The Morgan fingerprint density at radius 3 is 2.97 bits per heavy atom. The van der Waals surface area contributed by atoms with Crippen molar-refractivity contribution in [3.8, 4) is 11.8 Å². The Hall–Kier alpha value is -3.90. The molecule has 1 aromatic carbocycles. The van der Waals surface area contributed by atoms with Gasteiger partial charge in [0.15, 0.2) is 0 Å². The lowest BCUT2D eigenvalue weighted by atomic mass is 10.0. The molecule has 2 N–H and O–H groups in total. The number of aromatic nitrogens is 1. The number of anilines is 1. The molecular weight excluding hydrogens is 462 g/mol. The molecule has 3 aromatic rings. The molecule has 2 aromatic heterocycles. The van der Waals surface area contributed by atoms with Gasteiger partial charge in [0.25, 0.3) is 0 Å². The molecule has 5 rings (SSSR count). The number of thiophene rings is 1. The summed E-state index contributed by atoms with van der Waals surface area (Å²) in [6.07, 6.45) is 4.78. The molecule has 2 unspecified atom stereocenters. The second-order valence-electron chi connectivity index (χ2n) is 8.73. The number of nitrogens with zero attached hydrogens (tertiary/aromatic N) is 3. The van der Waals surface area contributed by atoms with E-state index < -0.39 is 0 Å². The summed E-state index contributed by atoms with van der Waals surface area (Å²) in [5, 5.41) is 16.3. The average molecular weight is 488 g/mol. The van der Waals surface area contributed by atoms with Crippen LogP contribution in [0, 0.1) is 17.2 Å². The number of hydrogen-bond acceptors (Lipinski definition) is 6. The normalized spacial score (nSPS) is 18.2. The van der Waals surface area contributed by atoms with Crippen molar-refractivity contribution in [2.24, 2.45) is 5.92 Å². The first-order valence-electron chi connectivity index (χ1n) is 11.5. The zero-order chi connectivity index (χ0) is 24.4. The standard InChI is InChI=1S/C26H25N5O3S/c1-34-18-6-2-5-17(10-18)20-11-21(20)24(32)30-25-22(12-27)19-7-9-31(15-23(19)35-25)26(33)29-14-16-4-3-8-28-13-16/h2-6,8,10,13,20-21H,7,9,11,14-15H2,1H3,(H,29,33)(H,30,32). The van der Waals surface area contributed by atoms with Crippen molar-refractivity contribution >= 4 is 28.3 Å². The summed E-state index contributed by atoms with van der Waals surface area (Å²) in [5.41, 5.74) is 3.47. The largest absolute Gasteiger partial charge is 0.497 e. The number of ether oxygens (including phenoxy) is 1. The average Bonchev–Trinajstić information content (AvgIpc) is 3.63. The fraction of sp³-hybridized carbons (Fsp3) is 0.308. The summed E-state index contributed by atoms with van der Waals surface area (Å²) in [7, 11) is 1.63. The second-order valence-corrected chi connectivity index (χ2v) is 9.83. The van der Waals surface area contributed by atoms with Crippen molar-refractivity contribution in [1.82, 2.24) is 15.2 Å². The monoisotopic (exact) mass is 487 g/mol. The number of nitriles is 1. The number of urea groups is 1. The molecular formula is C26H25N5O3S. The highest BCUT2D eigenvalue weighted by Crippen LogP contribution is 2.49. The first-order chi connectivity index (χ1) is 17.1. The minimum absolute atomic E-state index is 0.0704. The van der Waals surface area contributed by atoms with Crippen LogP contribution in [0.25, 0.3) is 0 Å². The number of pyridine rings is 1. The lowest BCUT2D eigenvalue weighted by Gasteiger charge is -2.27. The third-order valence-corrected chi connectivity index (χ3v) is 7.64. The number of hydrogen-bond donors (Lipinski definition) is 2. The molecule has 9 heteroatoms. The van der Waals surface area contributed by atoms with E-state index in [0.717, 1.165) is 33.7 Å². The van der Waals surface area contributed by atoms with Gasteiger partial charge >= 0.3 is 6.03 Å². The minimum Gasteiger partial charge on any atom is -0.497 e. The van der Waals surface area contributed by atoms with Gasteiger partial charge in [-0.2, -0.15) is 5.26 Å². The van der Waals surface area contributed by atoms with Crippen LogP contribution < -0.4 is 15.4 Å². The van der Waals surface area contributed by atoms with Crippen LogP contribution in [0.2, 0.25) is 0 Å². The van der Waals surface area contributed by atoms with E-state index in [2.05, 4.69) is 21.7 Å². The number of benzene rings is 1. The van der Waals surface area contributed by atoms with Crippen LogP contribution in [0.1, 0.15) is 39.5 Å². The molecule has 3 amide bonds. The van der Waals surface area contributed by atoms with Crippen molar-refractivity contribution in [1.29, 1.82) is 5.26 Å². The molecule has 2 atom stereocenters. The maximum Gasteiger partial charge on any atom is 0.318 e. The quantitative estimate of drug-likeness (QED) is 0.546. The molecule has 0 spiro atoms. The van der Waals surface area contributed by atoms with Gasteiger partial charge in [-0.1, -0.05) is 18.2 Å². The molecule has 2 aliphatic rings. The van der Waals surface area contributed by atoms with Crippen LogP contribution in [0.5, 0.6) is 5.75 Å². The summed E-state index contributed by atoms with van der Waals surface area (Å²) in [5.74, 6) is 0.742. The van der Waals surface area contributed by atoms with Crippen molar-refractivity contribution in [2.75, 3.05) is 19.0 Å². The molecule has 3 heterocycles. The Labute approximate surface area is 207 Å². The van der Waals surface area contributed by atoms with Crippen LogP contribution in [-0.2, 0) is 24.3 Å². The summed E-state index contributed by atoms with van der Waals surface area (Å²) in [6.45, 7) is 1.34. The van der Waals surface area contributed by atoms with E-state index >= 15 is 0 Å². The molecule has 1 fully saturated rings. The number of rotatable bonds is 6. The molecule has 1 aliphatic carbocycles. The van der Waals surface area contributed by atoms with Gasteiger partial charge in [-0.25, -0.2) is 4.79 Å². The predicted molar refractivity (Wildman–Crippen MR) is 132 cm³/mol. The zero-order valence-corrected chi connectivity index (χ0v) is 20.1. The Morgan fingerprint density at radius 1 is 1.31 bits per heavy atom. The van der Waals surface area contributed by atoms with Gasteiger partial charge in [-0.15, -0.1) is 11.3 Å². The number of carbonyl (C=O) groups is 2. The van der Waals surface area contributed by atoms with Crippen LogP contribution >= 0.6 is 11.3 Å². The molecule has 0 saturated heterocycles. The summed E-state index contributed by atoms with van der Waals surface area (Å²) in [6, 6.07) is 13.7. The second kappa shape index (κ2) is 9.76. The van der Waals surface area contributed by atoms with Gasteiger partial charge in [0.1, 0.15) is 16.8 Å². The summed E-state index contributed by atoms with van der Waals surface area (Å²) in [4.78, 5) is 32.4. The lowest BCUT2D eigenvalue weighted by molar-refractivity contribution is -0.117. The summed E-state index contributed by atoms with van der Waals surface area (Å²) < 4.78 is 5.29. The SMILES string of the molecule is COc1cccc(C2CC2C(=O)Nc2sc3c(c2C#N)CCN(C(=O)NCc2cccnc2)C3)c1. The van der Waals surface area contributed by atoms with E-state index in [1.165, 1.54) is 11.3 Å². The molecule has 0 bridgehead atoms. The Bertz CT molecular complexity index is 1300. The maximum atomic E-state index is 13.0. The van der Waals surface area contributed by atoms with E-state index in [1.54, 1.807) is 24.4 Å². The molecule has 35 heavy (non-hydrogen) atoms. The molecule has 1 aliphatic heterocycles.